The average molecular weight is 370 g/mol. The first kappa shape index (κ1) is 18.3. The Morgan fingerprint density at radius 2 is 2.04 bits per heavy atom. The molecule has 3 rings (SSSR count). The van der Waals surface area contributed by atoms with E-state index in [0.29, 0.717) is 11.3 Å². The Morgan fingerprint density at radius 1 is 1.27 bits per heavy atom. The number of nitrogens with one attached hydrogen (secondary N) is 3. The Hall–Kier alpha value is -2.54. The first-order valence-electron chi connectivity index (χ1n) is 8.46. The van der Waals surface area contributed by atoms with Crippen molar-refractivity contribution < 1.29 is 4.79 Å². The molecule has 2 heterocycles. The lowest BCUT2D eigenvalue weighted by molar-refractivity contribution is -0.118. The summed E-state index contributed by atoms with van der Waals surface area (Å²) in [6.07, 6.45) is 0. The second kappa shape index (κ2) is 7.78. The maximum Gasteiger partial charge on any atom is 0.253 e. The number of aromatic nitrogens is 3. The van der Waals surface area contributed by atoms with Crippen molar-refractivity contribution in [2.75, 3.05) is 5.75 Å². The third-order valence-corrected chi connectivity index (χ3v) is 5.37. The fourth-order valence-electron chi connectivity index (χ4n) is 2.78. The van der Waals surface area contributed by atoms with Gasteiger partial charge < -0.3 is 15.3 Å². The van der Waals surface area contributed by atoms with E-state index in [2.05, 4.69) is 20.3 Å². The number of hydrogen-bond acceptors (Lipinski definition) is 4. The number of thioether (sulfide) groups is 1. The number of para-hydroxylation sites is 2. The van der Waals surface area contributed by atoms with Crippen LogP contribution in [0.5, 0.6) is 0 Å². The number of nitrogens with zero attached hydrogens (tertiary/aromatic N) is 1. The van der Waals surface area contributed by atoms with Crippen LogP contribution in [0.1, 0.15) is 34.8 Å². The fraction of sp³-hybridized carbons (Fsp3) is 0.316. The number of carbonyl (C=O) groups excluding carboxylic acids is 1. The van der Waals surface area contributed by atoms with Crippen LogP contribution in [0.25, 0.3) is 11.0 Å². The van der Waals surface area contributed by atoms with Gasteiger partial charge in [-0.25, -0.2) is 4.98 Å². The molecule has 3 N–H and O–H groups in total. The van der Waals surface area contributed by atoms with Crippen LogP contribution >= 0.6 is 11.8 Å². The molecule has 136 valence electrons. The number of pyridine rings is 1. The third kappa shape index (κ3) is 4.16. The van der Waals surface area contributed by atoms with E-state index in [1.807, 2.05) is 51.1 Å². The molecule has 1 amide bonds. The Labute approximate surface area is 155 Å². The van der Waals surface area contributed by atoms with Crippen molar-refractivity contribution in [2.24, 2.45) is 0 Å². The van der Waals surface area contributed by atoms with Gasteiger partial charge in [-0.2, -0.15) is 0 Å². The van der Waals surface area contributed by atoms with Gasteiger partial charge >= 0.3 is 0 Å². The van der Waals surface area contributed by atoms with Crippen LogP contribution in [-0.2, 0) is 11.3 Å². The Bertz CT molecular complexity index is 960. The molecule has 0 spiro atoms. The Balaban J connectivity index is 1.55. The zero-order valence-electron chi connectivity index (χ0n) is 15.1. The number of carbonyl (C=O) groups is 1. The minimum atomic E-state index is -0.147. The number of imidazole rings is 1. The van der Waals surface area contributed by atoms with Crippen LogP contribution in [0.2, 0.25) is 0 Å². The molecule has 0 saturated heterocycles. The zero-order chi connectivity index (χ0) is 18.7. The van der Waals surface area contributed by atoms with Gasteiger partial charge in [0.25, 0.3) is 5.56 Å². The molecule has 7 heteroatoms. The van der Waals surface area contributed by atoms with E-state index in [0.717, 1.165) is 28.1 Å². The second-order valence-electron chi connectivity index (χ2n) is 6.31. The molecular formula is C19H22N4O2S. The molecule has 0 saturated carbocycles. The van der Waals surface area contributed by atoms with E-state index in [-0.39, 0.29) is 23.3 Å². The maximum absolute atomic E-state index is 12.1. The van der Waals surface area contributed by atoms with Gasteiger partial charge in [-0.15, -0.1) is 11.8 Å². The third-order valence-electron chi connectivity index (χ3n) is 4.21. The lowest BCUT2D eigenvalue weighted by atomic mass is 10.1. The van der Waals surface area contributed by atoms with Gasteiger partial charge in [-0.3, -0.25) is 9.59 Å². The first-order chi connectivity index (χ1) is 12.4. The summed E-state index contributed by atoms with van der Waals surface area (Å²) in [5.74, 6) is 1.06. The molecule has 0 fully saturated rings. The summed E-state index contributed by atoms with van der Waals surface area (Å²) in [4.78, 5) is 34.7. The van der Waals surface area contributed by atoms with Crippen LogP contribution in [0.4, 0.5) is 0 Å². The first-order valence-corrected chi connectivity index (χ1v) is 9.51. The summed E-state index contributed by atoms with van der Waals surface area (Å²) < 4.78 is 0. The molecule has 1 atom stereocenters. The predicted molar refractivity (Wildman–Crippen MR) is 105 cm³/mol. The summed E-state index contributed by atoms with van der Waals surface area (Å²) >= 11 is 1.51. The van der Waals surface area contributed by atoms with Crippen LogP contribution < -0.4 is 10.9 Å². The van der Waals surface area contributed by atoms with E-state index in [9.17, 15) is 9.59 Å². The summed E-state index contributed by atoms with van der Waals surface area (Å²) in [5, 5.41) is 2.89. The van der Waals surface area contributed by atoms with E-state index in [4.69, 9.17) is 0 Å². The topological polar surface area (TPSA) is 90.6 Å². The van der Waals surface area contributed by atoms with Crippen molar-refractivity contribution in [2.45, 2.75) is 32.6 Å². The van der Waals surface area contributed by atoms with Crippen LogP contribution in [0, 0.1) is 13.8 Å². The van der Waals surface area contributed by atoms with E-state index in [1.165, 1.54) is 11.8 Å². The fourth-order valence-corrected chi connectivity index (χ4v) is 3.56. The molecule has 6 nitrogen and oxygen atoms in total. The lowest BCUT2D eigenvalue weighted by Crippen LogP contribution is -2.29. The monoisotopic (exact) mass is 370 g/mol. The number of amides is 1. The molecule has 0 aliphatic carbocycles. The standard InChI is InChI=1S/C19H22N4O2S/c1-11-8-12(2)21-19(25)14(11)9-20-17(24)10-26-13(3)18-22-15-6-4-5-7-16(15)23-18/h4-8,13H,9-10H2,1-3H3,(H,20,24)(H,21,25)(H,22,23)/t13-/m1/s1. The molecule has 3 aromatic rings. The summed E-state index contributed by atoms with van der Waals surface area (Å²) in [6.45, 7) is 5.97. The van der Waals surface area contributed by atoms with Crippen LogP contribution in [0.15, 0.2) is 35.1 Å². The van der Waals surface area contributed by atoms with E-state index in [1.54, 1.807) is 0 Å². The molecule has 0 unspecified atom stereocenters. The van der Waals surface area contributed by atoms with Gasteiger partial charge in [0.05, 0.1) is 22.0 Å². The summed E-state index contributed by atoms with van der Waals surface area (Å²) in [7, 11) is 0. The smallest absolute Gasteiger partial charge is 0.253 e. The van der Waals surface area contributed by atoms with Gasteiger partial charge in [-0.1, -0.05) is 12.1 Å². The lowest BCUT2D eigenvalue weighted by Gasteiger charge is -2.10. The van der Waals surface area contributed by atoms with Crippen molar-refractivity contribution in [3.8, 4) is 0 Å². The normalized spacial score (nSPS) is 12.3. The van der Waals surface area contributed by atoms with Gasteiger partial charge in [0, 0.05) is 17.8 Å². The van der Waals surface area contributed by atoms with Crippen molar-refractivity contribution in [3.63, 3.8) is 0 Å². The predicted octanol–water partition coefficient (Wildman–Crippen LogP) is 2.98. The van der Waals surface area contributed by atoms with E-state index < -0.39 is 0 Å². The molecule has 0 radical (unpaired) electrons. The number of H-pyrrole nitrogens is 2. The van der Waals surface area contributed by atoms with Crippen LogP contribution in [0.3, 0.4) is 0 Å². The van der Waals surface area contributed by atoms with E-state index >= 15 is 0 Å². The summed E-state index contributed by atoms with van der Waals surface area (Å²) in [5.41, 5.74) is 4.07. The average Bonchev–Trinajstić information content (AvgIpc) is 3.03. The van der Waals surface area contributed by atoms with Crippen molar-refractivity contribution in [1.82, 2.24) is 20.3 Å². The molecule has 1 aromatic carbocycles. The highest BCUT2D eigenvalue weighted by molar-refractivity contribution is 8.00. The maximum atomic E-state index is 12.1. The highest BCUT2D eigenvalue weighted by atomic mass is 32.2. The molecule has 0 aliphatic heterocycles. The van der Waals surface area contributed by atoms with Gasteiger partial charge in [-0.05, 0) is 44.5 Å². The van der Waals surface area contributed by atoms with Crippen molar-refractivity contribution >= 4 is 28.7 Å². The highest BCUT2D eigenvalue weighted by Crippen LogP contribution is 2.27. The number of fused-ring (bicyclic) bond motifs is 1. The summed E-state index contributed by atoms with van der Waals surface area (Å²) in [6, 6.07) is 9.76. The van der Waals surface area contributed by atoms with Gasteiger partial charge in [0.2, 0.25) is 5.91 Å². The molecule has 2 aromatic heterocycles. The molecule has 0 aliphatic rings. The Kier molecular flexibility index (Phi) is 5.46. The number of hydrogen-bond donors (Lipinski definition) is 3. The SMILES string of the molecule is Cc1cc(C)c(CNC(=O)CS[C@H](C)c2nc3ccccc3[nH]2)c(=O)[nH]1. The van der Waals surface area contributed by atoms with Crippen LogP contribution in [-0.4, -0.2) is 26.6 Å². The Morgan fingerprint density at radius 3 is 2.77 bits per heavy atom. The zero-order valence-corrected chi connectivity index (χ0v) is 15.9. The second-order valence-corrected chi connectivity index (χ2v) is 7.64. The van der Waals surface area contributed by atoms with Gasteiger partial charge in [0.15, 0.2) is 0 Å². The highest BCUT2D eigenvalue weighted by Gasteiger charge is 2.14. The van der Waals surface area contributed by atoms with Gasteiger partial charge in [0.1, 0.15) is 5.82 Å². The molecule has 26 heavy (non-hydrogen) atoms. The largest absolute Gasteiger partial charge is 0.351 e. The minimum Gasteiger partial charge on any atom is -0.351 e. The van der Waals surface area contributed by atoms with Crippen molar-refractivity contribution in [3.05, 3.63) is 63.3 Å². The minimum absolute atomic E-state index is 0.0673. The molecular weight excluding hydrogens is 348 g/mol. The number of rotatable bonds is 6. The number of aromatic amines is 2. The molecule has 0 bridgehead atoms. The number of benzene rings is 1. The number of aryl methyl sites for hydroxylation is 2. The van der Waals surface area contributed by atoms with Crippen molar-refractivity contribution in [1.29, 1.82) is 0 Å². The quantitative estimate of drug-likeness (QED) is 0.622.